The van der Waals surface area contributed by atoms with Gasteiger partial charge in [0.15, 0.2) is 0 Å². The van der Waals surface area contributed by atoms with Gasteiger partial charge >= 0.3 is 0 Å². The minimum Gasteiger partial charge on any atom is -0.338 e. The first kappa shape index (κ1) is 17.5. The van der Waals surface area contributed by atoms with Crippen molar-refractivity contribution in [2.75, 3.05) is 11.9 Å². The van der Waals surface area contributed by atoms with Gasteiger partial charge in [-0.2, -0.15) is 0 Å². The largest absolute Gasteiger partial charge is 0.338 e. The van der Waals surface area contributed by atoms with Crippen molar-refractivity contribution in [2.45, 2.75) is 33.2 Å². The van der Waals surface area contributed by atoms with Crippen molar-refractivity contribution >= 4 is 29.1 Å². The van der Waals surface area contributed by atoms with E-state index in [-0.39, 0.29) is 18.2 Å². The molecule has 2 aromatic rings. The summed E-state index contributed by atoms with van der Waals surface area (Å²) < 4.78 is 0. The summed E-state index contributed by atoms with van der Waals surface area (Å²) in [5.41, 5.74) is 4.92. The second kappa shape index (κ2) is 7.28. The third-order valence-electron chi connectivity index (χ3n) is 4.49. The zero-order valence-electron chi connectivity index (χ0n) is 14.4. The van der Waals surface area contributed by atoms with Crippen molar-refractivity contribution in [3.63, 3.8) is 0 Å². The second-order valence-electron chi connectivity index (χ2n) is 6.50. The van der Waals surface area contributed by atoms with Gasteiger partial charge in [0.25, 0.3) is 0 Å². The van der Waals surface area contributed by atoms with Crippen molar-refractivity contribution < 1.29 is 9.59 Å². The summed E-state index contributed by atoms with van der Waals surface area (Å²) in [5.74, 6) is -0.495. The number of aryl methyl sites for hydroxylation is 2. The van der Waals surface area contributed by atoms with Crippen LogP contribution in [0.4, 0.5) is 5.69 Å². The van der Waals surface area contributed by atoms with Crippen LogP contribution in [-0.4, -0.2) is 23.3 Å². The Hall–Kier alpha value is -2.33. The lowest BCUT2D eigenvalue weighted by atomic mass is 10.00. The maximum absolute atomic E-state index is 12.5. The minimum atomic E-state index is -0.335. The van der Waals surface area contributed by atoms with E-state index in [1.807, 2.05) is 38.1 Å². The molecule has 5 heteroatoms. The Labute approximate surface area is 152 Å². The molecule has 0 aliphatic carbocycles. The number of nitrogens with one attached hydrogen (secondary N) is 1. The lowest BCUT2D eigenvalue weighted by molar-refractivity contribution is -0.135. The Morgan fingerprint density at radius 1 is 1.16 bits per heavy atom. The number of rotatable bonds is 3. The van der Waals surface area contributed by atoms with Crippen molar-refractivity contribution in [2.24, 2.45) is 0 Å². The molecular weight excluding hydrogens is 336 g/mol. The predicted molar refractivity (Wildman–Crippen MR) is 99.7 cm³/mol. The van der Waals surface area contributed by atoms with E-state index in [0.29, 0.717) is 23.8 Å². The van der Waals surface area contributed by atoms with Gasteiger partial charge in [-0.05, 0) is 48.6 Å². The van der Waals surface area contributed by atoms with E-state index in [9.17, 15) is 9.59 Å². The Morgan fingerprint density at radius 2 is 1.88 bits per heavy atom. The van der Waals surface area contributed by atoms with Crippen molar-refractivity contribution in [3.8, 4) is 0 Å². The van der Waals surface area contributed by atoms with Gasteiger partial charge in [-0.15, -0.1) is 0 Å². The highest BCUT2D eigenvalue weighted by atomic mass is 35.5. The molecule has 2 aromatic carbocycles. The monoisotopic (exact) mass is 356 g/mol. The molecule has 25 heavy (non-hydrogen) atoms. The molecule has 130 valence electrons. The van der Waals surface area contributed by atoms with Gasteiger partial charge in [0, 0.05) is 13.1 Å². The summed E-state index contributed by atoms with van der Waals surface area (Å²) >= 11 is 6.21. The smallest absolute Gasteiger partial charge is 0.233 e. The second-order valence-corrected chi connectivity index (χ2v) is 6.90. The van der Waals surface area contributed by atoms with Gasteiger partial charge < -0.3 is 10.2 Å². The zero-order chi connectivity index (χ0) is 18.0. The van der Waals surface area contributed by atoms with Gasteiger partial charge in [-0.3, -0.25) is 9.59 Å². The standard InChI is InChI=1S/C20H21ClN2O2/c1-13-9-14(2)20(17(21)10-13)22-18(24)11-19(25)23-8-7-15-5-3-4-6-16(15)12-23/h3-6,9-10H,7-8,11-12H2,1-2H3,(H,22,24). The van der Waals surface area contributed by atoms with Crippen LogP contribution in [0.1, 0.15) is 28.7 Å². The van der Waals surface area contributed by atoms with E-state index in [1.54, 1.807) is 11.0 Å². The number of benzene rings is 2. The maximum atomic E-state index is 12.5. The topological polar surface area (TPSA) is 49.4 Å². The average Bonchev–Trinajstić information content (AvgIpc) is 2.57. The normalized spacial score (nSPS) is 13.3. The fraction of sp³-hybridized carbons (Fsp3) is 0.300. The van der Waals surface area contributed by atoms with Crippen LogP contribution in [0.25, 0.3) is 0 Å². The Balaban J connectivity index is 1.63. The molecule has 4 nitrogen and oxygen atoms in total. The maximum Gasteiger partial charge on any atom is 0.233 e. The number of carbonyl (C=O) groups is 2. The van der Waals surface area contributed by atoms with E-state index in [2.05, 4.69) is 11.4 Å². The molecule has 1 aliphatic heterocycles. The summed E-state index contributed by atoms with van der Waals surface area (Å²) in [4.78, 5) is 26.5. The minimum absolute atomic E-state index is 0.159. The van der Waals surface area contributed by atoms with Crippen LogP contribution in [0.5, 0.6) is 0 Å². The number of hydrogen-bond acceptors (Lipinski definition) is 2. The summed E-state index contributed by atoms with van der Waals surface area (Å²) in [6.45, 7) is 5.04. The summed E-state index contributed by atoms with van der Waals surface area (Å²) in [6, 6.07) is 11.9. The van der Waals surface area contributed by atoms with E-state index in [0.717, 1.165) is 23.1 Å². The highest BCUT2D eigenvalue weighted by Crippen LogP contribution is 2.27. The van der Waals surface area contributed by atoms with Crippen LogP contribution >= 0.6 is 11.6 Å². The molecule has 0 spiro atoms. The number of nitrogens with zero attached hydrogens (tertiary/aromatic N) is 1. The zero-order valence-corrected chi connectivity index (χ0v) is 15.2. The molecule has 0 unspecified atom stereocenters. The SMILES string of the molecule is Cc1cc(C)c(NC(=O)CC(=O)N2CCc3ccccc3C2)c(Cl)c1. The number of hydrogen-bond donors (Lipinski definition) is 1. The van der Waals surface area contributed by atoms with Gasteiger partial charge in [-0.1, -0.05) is 41.9 Å². The highest BCUT2D eigenvalue weighted by Gasteiger charge is 2.22. The Bertz CT molecular complexity index is 809. The quantitative estimate of drug-likeness (QED) is 0.849. The third kappa shape index (κ3) is 4.02. The van der Waals surface area contributed by atoms with Crippen LogP contribution < -0.4 is 5.32 Å². The van der Waals surface area contributed by atoms with Crippen molar-refractivity contribution in [1.82, 2.24) is 4.90 Å². The van der Waals surface area contributed by atoms with Crippen LogP contribution in [0.2, 0.25) is 5.02 Å². The highest BCUT2D eigenvalue weighted by molar-refractivity contribution is 6.34. The summed E-state index contributed by atoms with van der Waals surface area (Å²) in [6.07, 6.45) is 0.651. The van der Waals surface area contributed by atoms with E-state index in [1.165, 1.54) is 5.56 Å². The first-order valence-corrected chi connectivity index (χ1v) is 8.73. The fourth-order valence-corrected chi connectivity index (χ4v) is 3.58. The van der Waals surface area contributed by atoms with Crippen molar-refractivity contribution in [3.05, 3.63) is 63.7 Å². The lowest BCUT2D eigenvalue weighted by Crippen LogP contribution is -2.37. The van der Waals surface area contributed by atoms with E-state index >= 15 is 0 Å². The van der Waals surface area contributed by atoms with E-state index < -0.39 is 0 Å². The lowest BCUT2D eigenvalue weighted by Gasteiger charge is -2.28. The van der Waals surface area contributed by atoms with Gasteiger partial charge in [0.2, 0.25) is 11.8 Å². The van der Waals surface area contributed by atoms with E-state index in [4.69, 9.17) is 11.6 Å². The number of fused-ring (bicyclic) bond motifs is 1. The third-order valence-corrected chi connectivity index (χ3v) is 4.79. The van der Waals surface area contributed by atoms with Gasteiger partial charge in [-0.25, -0.2) is 0 Å². The van der Waals surface area contributed by atoms with Crippen LogP contribution in [0, 0.1) is 13.8 Å². The molecule has 0 fully saturated rings. The van der Waals surface area contributed by atoms with Crippen LogP contribution in [0.3, 0.4) is 0 Å². The van der Waals surface area contributed by atoms with Crippen LogP contribution in [0.15, 0.2) is 36.4 Å². The van der Waals surface area contributed by atoms with Gasteiger partial charge in [0.05, 0.1) is 10.7 Å². The average molecular weight is 357 g/mol. The number of carbonyl (C=O) groups excluding carboxylic acids is 2. The molecule has 0 atom stereocenters. The molecule has 0 aromatic heterocycles. The van der Waals surface area contributed by atoms with Crippen LogP contribution in [-0.2, 0) is 22.6 Å². The Kier molecular flexibility index (Phi) is 5.09. The molecule has 1 heterocycles. The molecule has 0 saturated carbocycles. The van der Waals surface area contributed by atoms with Crippen molar-refractivity contribution in [1.29, 1.82) is 0 Å². The number of halogens is 1. The molecule has 2 amide bonds. The summed E-state index contributed by atoms with van der Waals surface area (Å²) in [5, 5.41) is 3.27. The fourth-order valence-electron chi connectivity index (χ4n) is 3.22. The first-order valence-electron chi connectivity index (χ1n) is 8.35. The van der Waals surface area contributed by atoms with Gasteiger partial charge in [0.1, 0.15) is 6.42 Å². The molecule has 0 bridgehead atoms. The Morgan fingerprint density at radius 3 is 2.60 bits per heavy atom. The molecule has 3 rings (SSSR count). The first-order chi connectivity index (χ1) is 11.9. The predicted octanol–water partition coefficient (Wildman–Crippen LogP) is 3.87. The molecule has 1 aliphatic rings. The number of amides is 2. The summed E-state index contributed by atoms with van der Waals surface area (Å²) in [7, 11) is 0. The number of anilines is 1. The molecular formula is C20H21ClN2O2. The molecule has 0 saturated heterocycles. The molecule has 0 radical (unpaired) electrons. The molecule has 1 N–H and O–H groups in total.